The average molecular weight is 1010 g/mol. The lowest BCUT2D eigenvalue weighted by Gasteiger charge is -2.33. The van der Waals surface area contributed by atoms with Crippen LogP contribution in [-0.4, -0.2) is 115 Å². The number of amides is 5. The summed E-state index contributed by atoms with van der Waals surface area (Å²) in [6.45, 7) is 10.5. The number of aliphatic hydroxyl groups is 1. The van der Waals surface area contributed by atoms with E-state index < -0.39 is 89.5 Å². The third-order valence-electron chi connectivity index (χ3n) is 12.1. The Morgan fingerprint density at radius 2 is 1.25 bits per heavy atom. The van der Waals surface area contributed by atoms with Crippen molar-refractivity contribution in [3.05, 3.63) is 90.0 Å². The summed E-state index contributed by atoms with van der Waals surface area (Å²) >= 11 is 0. The van der Waals surface area contributed by atoms with Gasteiger partial charge in [0.1, 0.15) is 29.8 Å². The van der Waals surface area contributed by atoms with Crippen molar-refractivity contribution in [2.75, 3.05) is 6.54 Å². The first kappa shape index (κ1) is 60.0. The second-order valence-electron chi connectivity index (χ2n) is 20.2. The highest BCUT2D eigenvalue weighted by Crippen LogP contribution is 2.30. The number of ether oxygens (including phenoxy) is 1. The highest BCUT2D eigenvalue weighted by molar-refractivity contribution is 5.92. The Labute approximate surface area is 424 Å². The van der Waals surface area contributed by atoms with E-state index in [1.165, 1.54) is 6.33 Å². The van der Waals surface area contributed by atoms with Gasteiger partial charge in [-0.1, -0.05) is 107 Å². The van der Waals surface area contributed by atoms with Gasteiger partial charge in [-0.05, 0) is 88.8 Å². The van der Waals surface area contributed by atoms with Crippen molar-refractivity contribution >= 4 is 41.7 Å². The standard InChI is InChI=1S/C51H76N8O9.C2H4O2/c1-33(2)25-37(45(61)55-39(23-15-16-24-52)46(62)58-43(49(65)66)28-36-21-13-8-14-22-36)29-44(60)40(26-34-17-9-6-10-18-34)56-48(64)42(30-38-31-53-32-54-38)57-47(63)41(27-35-19-11-7-12-20-35)59-50(67)68-51(3,4)5;1-2(3)4/h7-8,11-14,19-22,31-34,37,39-44,60H,6,9-10,15-18,23-30,52H2,1-5H3,(H,53,54)(H,55,61)(H,56,64)(H,57,63)(H,58,62)(H,59,67)(H,65,66);1H3,(H,3,4)/t37-,39+,40+,41+,42+,43+,44+;/m1./s1. The summed E-state index contributed by atoms with van der Waals surface area (Å²) < 4.78 is 5.49. The second kappa shape index (κ2) is 31.2. The molecule has 1 aliphatic rings. The van der Waals surface area contributed by atoms with Gasteiger partial charge in [-0.2, -0.15) is 0 Å². The molecule has 0 unspecified atom stereocenters. The minimum Gasteiger partial charge on any atom is -0.481 e. The van der Waals surface area contributed by atoms with E-state index in [0.29, 0.717) is 37.9 Å². The number of rotatable bonds is 27. The number of imidazole rings is 1. The molecule has 1 aromatic heterocycles. The topological polar surface area (TPSA) is 304 Å². The first-order chi connectivity index (χ1) is 34.1. The van der Waals surface area contributed by atoms with Gasteiger partial charge in [0.05, 0.1) is 18.5 Å². The maximum Gasteiger partial charge on any atom is 0.408 e. The van der Waals surface area contributed by atoms with Crippen LogP contribution in [0.15, 0.2) is 73.2 Å². The lowest BCUT2D eigenvalue weighted by atomic mass is 9.81. The number of hydrogen-bond acceptors (Lipinski definition) is 11. The molecule has 72 heavy (non-hydrogen) atoms. The number of carbonyl (C=O) groups excluding carboxylic acids is 5. The molecule has 2 aromatic carbocycles. The van der Waals surface area contributed by atoms with Crippen LogP contribution in [0.25, 0.3) is 0 Å². The number of nitrogens with two attached hydrogens (primary N) is 1. The Kier molecular flexibility index (Phi) is 26.0. The van der Waals surface area contributed by atoms with Crippen LogP contribution in [0.4, 0.5) is 4.79 Å². The molecule has 0 radical (unpaired) electrons. The number of H-pyrrole nitrogens is 1. The van der Waals surface area contributed by atoms with Gasteiger partial charge in [0.2, 0.25) is 23.6 Å². The van der Waals surface area contributed by atoms with Crippen LogP contribution < -0.4 is 32.3 Å². The molecule has 7 atom stereocenters. The fourth-order valence-corrected chi connectivity index (χ4v) is 8.69. The molecule has 3 aromatic rings. The number of aromatic amines is 1. The number of hydrogen-bond donors (Lipinski definition) is 10. The smallest absolute Gasteiger partial charge is 0.408 e. The molecule has 5 amide bonds. The van der Waals surface area contributed by atoms with Crippen LogP contribution in [0, 0.1) is 17.8 Å². The van der Waals surface area contributed by atoms with E-state index in [4.69, 9.17) is 20.4 Å². The molecule has 19 nitrogen and oxygen atoms in total. The van der Waals surface area contributed by atoms with Crippen molar-refractivity contribution in [2.24, 2.45) is 23.5 Å². The zero-order valence-corrected chi connectivity index (χ0v) is 42.9. The Bertz CT molecular complexity index is 2110. The number of carbonyl (C=O) groups is 7. The van der Waals surface area contributed by atoms with Crippen molar-refractivity contribution in [3.63, 3.8) is 0 Å². The average Bonchev–Trinajstić information content (AvgIpc) is 3.83. The maximum absolute atomic E-state index is 14.6. The molecule has 398 valence electrons. The molecule has 0 bridgehead atoms. The van der Waals surface area contributed by atoms with E-state index in [1.54, 1.807) is 51.2 Å². The molecule has 1 saturated carbocycles. The number of carboxylic acid groups (broad SMARTS) is 2. The van der Waals surface area contributed by atoms with Crippen molar-refractivity contribution in [3.8, 4) is 0 Å². The Balaban J connectivity index is 0.00000329. The first-order valence-electron chi connectivity index (χ1n) is 25.2. The van der Waals surface area contributed by atoms with Crippen molar-refractivity contribution in [1.29, 1.82) is 0 Å². The van der Waals surface area contributed by atoms with E-state index in [2.05, 4.69) is 36.6 Å². The van der Waals surface area contributed by atoms with Gasteiger partial charge in [-0.3, -0.25) is 24.0 Å². The van der Waals surface area contributed by atoms with Crippen LogP contribution in [0.3, 0.4) is 0 Å². The molecular weight excluding hydrogens is 925 g/mol. The summed E-state index contributed by atoms with van der Waals surface area (Å²) in [5, 5.41) is 43.8. The maximum atomic E-state index is 14.6. The van der Waals surface area contributed by atoms with Crippen LogP contribution in [0.2, 0.25) is 0 Å². The highest BCUT2D eigenvalue weighted by Gasteiger charge is 2.36. The lowest BCUT2D eigenvalue weighted by Crippen LogP contribution is -2.58. The fourth-order valence-electron chi connectivity index (χ4n) is 8.69. The lowest BCUT2D eigenvalue weighted by molar-refractivity contribution is -0.142. The van der Waals surface area contributed by atoms with Gasteiger partial charge >= 0.3 is 12.1 Å². The van der Waals surface area contributed by atoms with Crippen LogP contribution in [-0.2, 0) is 52.8 Å². The molecule has 0 saturated heterocycles. The molecule has 0 aliphatic heterocycles. The third kappa shape index (κ3) is 23.7. The largest absolute Gasteiger partial charge is 0.481 e. The van der Waals surface area contributed by atoms with E-state index in [0.717, 1.165) is 50.2 Å². The number of nitrogens with zero attached hydrogens (tertiary/aromatic N) is 1. The summed E-state index contributed by atoms with van der Waals surface area (Å²) in [6.07, 6.45) is 8.08. The minimum absolute atomic E-state index is 0.00300. The molecule has 0 spiro atoms. The van der Waals surface area contributed by atoms with Gasteiger partial charge < -0.3 is 57.4 Å². The van der Waals surface area contributed by atoms with E-state index in [-0.39, 0.29) is 43.9 Å². The van der Waals surface area contributed by atoms with Crippen LogP contribution >= 0.6 is 0 Å². The number of unbranched alkanes of at least 4 members (excludes halogenated alkanes) is 1. The third-order valence-corrected chi connectivity index (χ3v) is 12.1. The number of aliphatic hydroxyl groups excluding tert-OH is 1. The molecular formula is C53H80N8O11. The van der Waals surface area contributed by atoms with Crippen LogP contribution in [0.5, 0.6) is 0 Å². The van der Waals surface area contributed by atoms with Gasteiger partial charge in [0.25, 0.3) is 5.97 Å². The minimum atomic E-state index is -1.24. The summed E-state index contributed by atoms with van der Waals surface area (Å²) in [6, 6.07) is 12.6. The van der Waals surface area contributed by atoms with Gasteiger partial charge in [0.15, 0.2) is 0 Å². The molecule has 1 heterocycles. The molecule has 11 N–H and O–H groups in total. The number of aromatic nitrogens is 2. The van der Waals surface area contributed by atoms with E-state index in [1.807, 2.05) is 50.2 Å². The highest BCUT2D eigenvalue weighted by atomic mass is 16.6. The van der Waals surface area contributed by atoms with Crippen molar-refractivity contribution in [2.45, 2.75) is 173 Å². The molecule has 1 fully saturated rings. The Morgan fingerprint density at radius 1 is 0.722 bits per heavy atom. The summed E-state index contributed by atoms with van der Waals surface area (Å²) in [4.78, 5) is 98.4. The summed E-state index contributed by atoms with van der Waals surface area (Å²) in [5.74, 6) is -4.97. The normalized spacial score (nSPS) is 15.7. The first-order valence-corrected chi connectivity index (χ1v) is 25.2. The Morgan fingerprint density at radius 3 is 1.78 bits per heavy atom. The number of alkyl carbamates (subject to hydrolysis) is 1. The van der Waals surface area contributed by atoms with E-state index >= 15 is 0 Å². The predicted octanol–water partition coefficient (Wildman–Crippen LogP) is 4.96. The quantitative estimate of drug-likeness (QED) is 0.0453. The molecule has 19 heteroatoms. The molecule has 4 rings (SSSR count). The summed E-state index contributed by atoms with van der Waals surface area (Å²) in [7, 11) is 0. The Hall–Kier alpha value is -6.34. The number of aliphatic carboxylic acids is 2. The van der Waals surface area contributed by atoms with E-state index in [9.17, 15) is 39.0 Å². The zero-order chi connectivity index (χ0) is 53.2. The van der Waals surface area contributed by atoms with Crippen molar-refractivity contribution < 1.29 is 53.6 Å². The number of carboxylic acids is 2. The van der Waals surface area contributed by atoms with Crippen LogP contribution in [0.1, 0.15) is 129 Å². The van der Waals surface area contributed by atoms with Gasteiger partial charge in [-0.25, -0.2) is 14.6 Å². The fraction of sp³-hybridized carbons (Fsp3) is 0.585. The number of benzene rings is 2. The summed E-state index contributed by atoms with van der Waals surface area (Å²) in [5.41, 5.74) is 6.99. The van der Waals surface area contributed by atoms with Crippen molar-refractivity contribution in [1.82, 2.24) is 36.6 Å². The van der Waals surface area contributed by atoms with Gasteiger partial charge in [0, 0.05) is 44.0 Å². The zero-order valence-electron chi connectivity index (χ0n) is 42.9. The number of nitrogens with one attached hydrogen (secondary N) is 6. The second-order valence-corrected chi connectivity index (χ2v) is 20.2. The molecule has 1 aliphatic carbocycles. The monoisotopic (exact) mass is 1000 g/mol. The predicted molar refractivity (Wildman–Crippen MR) is 272 cm³/mol. The SMILES string of the molecule is CC(=O)O.CC(C)C[C@H](C[C@H](O)[C@H](CC1CCCCC1)NC(=O)[C@H](Cc1cnc[nH]1)NC(=O)[C@H](Cc1ccccc1)NC(=O)OC(C)(C)C)C(=O)N[C@@H](CCCCN)C(=O)N[C@@H](Cc1ccccc1)C(=O)O. The van der Waals surface area contributed by atoms with Gasteiger partial charge in [-0.15, -0.1) is 0 Å².